The van der Waals surface area contributed by atoms with E-state index < -0.39 is 10.0 Å². The second kappa shape index (κ2) is 9.84. The summed E-state index contributed by atoms with van der Waals surface area (Å²) in [6.45, 7) is 4.41. The number of hydrogen-bond acceptors (Lipinski definition) is 5. The van der Waals surface area contributed by atoms with Crippen LogP contribution in [0.5, 0.6) is 0 Å². The van der Waals surface area contributed by atoms with Crippen molar-refractivity contribution in [1.82, 2.24) is 19.5 Å². The summed E-state index contributed by atoms with van der Waals surface area (Å²) in [6.07, 6.45) is 5.66. The highest BCUT2D eigenvalue weighted by molar-refractivity contribution is 7.89. The van der Waals surface area contributed by atoms with Crippen molar-refractivity contribution in [2.24, 2.45) is 0 Å². The summed E-state index contributed by atoms with van der Waals surface area (Å²) in [5, 5.41) is 11.6. The molecule has 0 atom stereocenters. The first-order valence-electron chi connectivity index (χ1n) is 11.3. The topological polar surface area (TPSA) is 106 Å². The zero-order valence-corrected chi connectivity index (χ0v) is 19.7. The zero-order valence-electron chi connectivity index (χ0n) is 18.9. The third kappa shape index (κ3) is 5.48. The van der Waals surface area contributed by atoms with E-state index in [1.54, 1.807) is 26.0 Å². The molecule has 2 N–H and O–H groups in total. The maximum absolute atomic E-state index is 12.7. The van der Waals surface area contributed by atoms with Crippen molar-refractivity contribution in [2.45, 2.75) is 63.4 Å². The van der Waals surface area contributed by atoms with Gasteiger partial charge in [-0.25, -0.2) is 13.1 Å². The number of rotatable bonds is 6. The van der Waals surface area contributed by atoms with Gasteiger partial charge in [-0.3, -0.25) is 4.79 Å². The first-order chi connectivity index (χ1) is 15.8. The summed E-state index contributed by atoms with van der Waals surface area (Å²) in [7, 11) is -3.68. The number of amides is 1. The third-order valence-corrected chi connectivity index (χ3v) is 7.21. The molecule has 8 nitrogen and oxygen atoms in total. The number of nitrogens with zero attached hydrogens (tertiary/aromatic N) is 3. The van der Waals surface area contributed by atoms with E-state index in [0.717, 1.165) is 43.0 Å². The van der Waals surface area contributed by atoms with Crippen LogP contribution < -0.4 is 10.0 Å². The minimum Gasteiger partial charge on any atom is -0.322 e. The molecule has 33 heavy (non-hydrogen) atoms. The van der Waals surface area contributed by atoms with Gasteiger partial charge in [-0.2, -0.15) is 0 Å². The molecule has 0 spiro atoms. The quantitative estimate of drug-likeness (QED) is 0.570. The van der Waals surface area contributed by atoms with Gasteiger partial charge in [0.15, 0.2) is 5.82 Å². The smallest absolute Gasteiger partial charge is 0.255 e. The van der Waals surface area contributed by atoms with Crippen LogP contribution in [0, 0.1) is 0 Å². The predicted molar refractivity (Wildman–Crippen MR) is 127 cm³/mol. The first kappa shape index (κ1) is 23.1. The molecule has 0 fully saturated rings. The molecule has 2 heterocycles. The number of hydrogen-bond donors (Lipinski definition) is 2. The number of carbonyl (C=O) groups is 1. The molecular formula is C24H29N5O3S. The van der Waals surface area contributed by atoms with E-state index in [2.05, 4.69) is 24.8 Å². The van der Waals surface area contributed by atoms with E-state index >= 15 is 0 Å². The lowest BCUT2D eigenvalue weighted by Gasteiger charge is -2.13. The van der Waals surface area contributed by atoms with Crippen LogP contribution in [0.1, 0.15) is 55.7 Å². The Balaban J connectivity index is 1.49. The molecule has 4 rings (SSSR count). The van der Waals surface area contributed by atoms with E-state index in [9.17, 15) is 13.2 Å². The second-order valence-corrected chi connectivity index (χ2v) is 10.3. The van der Waals surface area contributed by atoms with Gasteiger partial charge in [0, 0.05) is 35.8 Å². The molecule has 0 unspecified atom stereocenters. The molecule has 0 saturated carbocycles. The van der Waals surface area contributed by atoms with Gasteiger partial charge in [-0.05, 0) is 69.2 Å². The lowest BCUT2D eigenvalue weighted by molar-refractivity contribution is 0.102. The Morgan fingerprint density at radius 2 is 1.76 bits per heavy atom. The Bertz CT molecular complexity index is 1230. The molecule has 0 saturated heterocycles. The molecule has 1 aliphatic heterocycles. The molecule has 0 bridgehead atoms. The standard InChI is InChI=1S/C24H29N5O3S/c1-17(2)28-33(31,32)21-9-7-8-19(16-21)24(30)25-20-13-11-18(12-14-20)23-27-26-22-10-5-3-4-6-15-29(22)23/h7-9,11-14,16-17,28H,3-6,10,15H2,1-2H3,(H,25,30). The number of fused-ring (bicyclic) bond motifs is 1. The highest BCUT2D eigenvalue weighted by Crippen LogP contribution is 2.24. The number of benzene rings is 2. The fourth-order valence-corrected chi connectivity index (χ4v) is 5.26. The van der Waals surface area contributed by atoms with Gasteiger partial charge < -0.3 is 9.88 Å². The number of carbonyl (C=O) groups excluding carboxylic acids is 1. The van der Waals surface area contributed by atoms with Crippen LogP contribution in [0.25, 0.3) is 11.4 Å². The minimum atomic E-state index is -3.68. The van der Waals surface area contributed by atoms with E-state index in [1.807, 2.05) is 24.3 Å². The van der Waals surface area contributed by atoms with Gasteiger partial charge in [0.25, 0.3) is 5.91 Å². The third-order valence-electron chi connectivity index (χ3n) is 5.56. The number of aryl methyl sites for hydroxylation is 1. The molecule has 1 aromatic heterocycles. The van der Waals surface area contributed by atoms with Gasteiger partial charge >= 0.3 is 0 Å². The summed E-state index contributed by atoms with van der Waals surface area (Å²) < 4.78 is 29.6. The van der Waals surface area contributed by atoms with Crippen LogP contribution in [0.15, 0.2) is 53.4 Å². The molecule has 9 heteroatoms. The molecule has 3 aromatic rings. The van der Waals surface area contributed by atoms with Crippen LogP contribution >= 0.6 is 0 Å². The van der Waals surface area contributed by atoms with Crippen molar-refractivity contribution >= 4 is 21.6 Å². The summed E-state index contributed by atoms with van der Waals surface area (Å²) in [5.74, 6) is 1.50. The van der Waals surface area contributed by atoms with E-state index in [0.29, 0.717) is 5.69 Å². The Labute approximate surface area is 194 Å². The van der Waals surface area contributed by atoms with Gasteiger partial charge in [-0.15, -0.1) is 10.2 Å². The fourth-order valence-electron chi connectivity index (χ4n) is 3.96. The van der Waals surface area contributed by atoms with Crippen molar-refractivity contribution in [1.29, 1.82) is 0 Å². The number of nitrogens with one attached hydrogen (secondary N) is 2. The zero-order chi connectivity index (χ0) is 23.4. The van der Waals surface area contributed by atoms with Crippen molar-refractivity contribution in [2.75, 3.05) is 5.32 Å². The molecule has 2 aromatic carbocycles. The number of anilines is 1. The van der Waals surface area contributed by atoms with Crippen molar-refractivity contribution in [3.05, 3.63) is 59.9 Å². The lowest BCUT2D eigenvalue weighted by atomic mass is 10.1. The molecule has 1 amide bonds. The van der Waals surface area contributed by atoms with E-state index in [-0.39, 0.29) is 22.4 Å². The maximum atomic E-state index is 12.7. The molecule has 174 valence electrons. The Kier molecular flexibility index (Phi) is 6.90. The monoisotopic (exact) mass is 467 g/mol. The Hall–Kier alpha value is -3.04. The molecular weight excluding hydrogens is 438 g/mol. The van der Waals surface area contributed by atoms with Crippen LogP contribution in [0.4, 0.5) is 5.69 Å². The van der Waals surface area contributed by atoms with E-state index in [1.165, 1.54) is 25.0 Å². The van der Waals surface area contributed by atoms with Crippen molar-refractivity contribution in [3.63, 3.8) is 0 Å². The van der Waals surface area contributed by atoms with Gasteiger partial charge in [0.05, 0.1) is 4.90 Å². The minimum absolute atomic E-state index is 0.0579. The van der Waals surface area contributed by atoms with Crippen LogP contribution in [-0.2, 0) is 23.0 Å². The maximum Gasteiger partial charge on any atom is 0.255 e. The van der Waals surface area contributed by atoms with Crippen LogP contribution in [0.3, 0.4) is 0 Å². The molecule has 0 aliphatic carbocycles. The first-order valence-corrected chi connectivity index (χ1v) is 12.8. The molecule has 1 aliphatic rings. The average molecular weight is 468 g/mol. The van der Waals surface area contributed by atoms with Gasteiger partial charge in [-0.1, -0.05) is 18.9 Å². The van der Waals surface area contributed by atoms with Gasteiger partial charge in [0.2, 0.25) is 10.0 Å². The Morgan fingerprint density at radius 3 is 2.52 bits per heavy atom. The normalized spacial score (nSPS) is 14.4. The summed E-state index contributed by atoms with van der Waals surface area (Å²) in [5.41, 5.74) is 1.83. The SMILES string of the molecule is CC(C)NS(=O)(=O)c1cccc(C(=O)Nc2ccc(-c3nnc4n3CCCCCC4)cc2)c1. The number of aromatic nitrogens is 3. The van der Waals surface area contributed by atoms with Gasteiger partial charge in [0.1, 0.15) is 5.82 Å². The average Bonchev–Trinajstić information content (AvgIpc) is 3.15. The highest BCUT2D eigenvalue weighted by Gasteiger charge is 2.18. The largest absolute Gasteiger partial charge is 0.322 e. The lowest BCUT2D eigenvalue weighted by Crippen LogP contribution is -2.30. The van der Waals surface area contributed by atoms with Crippen molar-refractivity contribution in [3.8, 4) is 11.4 Å². The van der Waals surface area contributed by atoms with E-state index in [4.69, 9.17) is 0 Å². The van der Waals surface area contributed by atoms with Crippen LogP contribution in [0.2, 0.25) is 0 Å². The predicted octanol–water partition coefficient (Wildman–Crippen LogP) is 4.00. The number of sulfonamides is 1. The second-order valence-electron chi connectivity index (χ2n) is 8.59. The van der Waals surface area contributed by atoms with Crippen molar-refractivity contribution < 1.29 is 13.2 Å². The fraction of sp³-hybridized carbons (Fsp3) is 0.375. The summed E-state index contributed by atoms with van der Waals surface area (Å²) >= 11 is 0. The highest BCUT2D eigenvalue weighted by atomic mass is 32.2. The summed E-state index contributed by atoms with van der Waals surface area (Å²) in [4.78, 5) is 12.8. The van der Waals surface area contributed by atoms with Crippen LogP contribution in [-0.4, -0.2) is 35.1 Å². The molecule has 0 radical (unpaired) electrons. The summed E-state index contributed by atoms with van der Waals surface area (Å²) in [6, 6.07) is 13.2. The Morgan fingerprint density at radius 1 is 1.00 bits per heavy atom.